The quantitative estimate of drug-likeness (QED) is 0.767. The summed E-state index contributed by atoms with van der Waals surface area (Å²) in [5.74, 6) is -0.399. The molecule has 0 aromatic heterocycles. The number of hydrogen-bond acceptors (Lipinski definition) is 3. The molecule has 1 atom stereocenters. The number of benzene rings is 2. The largest absolute Gasteiger partial charge is 0.324 e. The first-order valence-corrected chi connectivity index (χ1v) is 10.9. The van der Waals surface area contributed by atoms with Crippen LogP contribution in [0.1, 0.15) is 30.0 Å². The highest BCUT2D eigenvalue weighted by Gasteiger charge is 2.32. The molecule has 0 aliphatic heterocycles. The zero-order chi connectivity index (χ0) is 20.4. The van der Waals surface area contributed by atoms with Gasteiger partial charge >= 0.3 is 0 Å². The minimum atomic E-state index is -3.67. The van der Waals surface area contributed by atoms with Gasteiger partial charge in [-0.1, -0.05) is 36.7 Å². The van der Waals surface area contributed by atoms with Gasteiger partial charge in [0.25, 0.3) is 0 Å². The summed E-state index contributed by atoms with van der Waals surface area (Å²) in [5, 5.41) is 3.33. The van der Waals surface area contributed by atoms with Crippen molar-refractivity contribution >= 4 is 38.9 Å². The van der Waals surface area contributed by atoms with E-state index < -0.39 is 22.0 Å². The first kappa shape index (κ1) is 21.3. The Morgan fingerprint density at radius 1 is 1.11 bits per heavy atom. The lowest BCUT2D eigenvalue weighted by Crippen LogP contribution is -2.47. The van der Waals surface area contributed by atoms with Crippen LogP contribution in [-0.4, -0.2) is 26.6 Å². The topological polar surface area (TPSA) is 66.5 Å². The van der Waals surface area contributed by atoms with E-state index >= 15 is 0 Å². The maximum absolute atomic E-state index is 12.9. The Morgan fingerprint density at radius 3 is 2.30 bits per heavy atom. The highest BCUT2D eigenvalue weighted by atomic mass is 35.5. The standard InChI is InChI=1S/C20H25ClN2O3S/c1-6-18(20(24)22-16-10-9-14(3)17(21)12-16)23(27(5,25)26)19-11-13(2)7-8-15(19)4/h7-12,18H,6H2,1-5H3,(H,22,24). The number of sulfonamides is 1. The molecule has 0 bridgehead atoms. The van der Waals surface area contributed by atoms with E-state index in [1.54, 1.807) is 31.2 Å². The van der Waals surface area contributed by atoms with Crippen LogP contribution in [0, 0.1) is 20.8 Å². The van der Waals surface area contributed by atoms with Gasteiger partial charge in [-0.15, -0.1) is 0 Å². The molecule has 2 aromatic carbocycles. The number of nitrogens with zero attached hydrogens (tertiary/aromatic N) is 1. The van der Waals surface area contributed by atoms with Crippen LogP contribution < -0.4 is 9.62 Å². The number of nitrogens with one attached hydrogen (secondary N) is 1. The number of carbonyl (C=O) groups is 1. The minimum absolute atomic E-state index is 0.325. The molecule has 27 heavy (non-hydrogen) atoms. The molecular weight excluding hydrogens is 384 g/mol. The molecule has 0 radical (unpaired) electrons. The number of anilines is 2. The summed E-state index contributed by atoms with van der Waals surface area (Å²) < 4.78 is 26.4. The van der Waals surface area contributed by atoms with E-state index in [0.29, 0.717) is 22.8 Å². The fourth-order valence-electron chi connectivity index (χ4n) is 2.89. The van der Waals surface area contributed by atoms with E-state index in [1.807, 2.05) is 32.9 Å². The molecule has 0 fully saturated rings. The van der Waals surface area contributed by atoms with Crippen LogP contribution in [0.4, 0.5) is 11.4 Å². The summed E-state index contributed by atoms with van der Waals surface area (Å²) >= 11 is 6.12. The minimum Gasteiger partial charge on any atom is -0.324 e. The van der Waals surface area contributed by atoms with Crippen LogP contribution in [-0.2, 0) is 14.8 Å². The average Bonchev–Trinajstić information content (AvgIpc) is 2.57. The number of rotatable bonds is 6. The van der Waals surface area contributed by atoms with Crippen molar-refractivity contribution in [1.82, 2.24) is 0 Å². The Balaban J connectivity index is 2.44. The Bertz CT molecular complexity index is 958. The predicted octanol–water partition coefficient (Wildman–Crippen LogP) is 4.45. The molecule has 0 aliphatic carbocycles. The molecule has 0 saturated heterocycles. The van der Waals surface area contributed by atoms with Gasteiger partial charge in [0, 0.05) is 10.7 Å². The van der Waals surface area contributed by atoms with Crippen molar-refractivity contribution in [3.05, 3.63) is 58.1 Å². The molecule has 2 rings (SSSR count). The monoisotopic (exact) mass is 408 g/mol. The normalized spacial score (nSPS) is 12.5. The Kier molecular flexibility index (Phi) is 6.54. The van der Waals surface area contributed by atoms with Crippen LogP contribution in [0.3, 0.4) is 0 Å². The molecule has 0 saturated carbocycles. The van der Waals surface area contributed by atoms with Gasteiger partial charge in [-0.05, 0) is 62.1 Å². The Morgan fingerprint density at radius 2 is 1.74 bits per heavy atom. The maximum atomic E-state index is 12.9. The van der Waals surface area contributed by atoms with Crippen LogP contribution in [0.5, 0.6) is 0 Å². The fourth-order valence-corrected chi connectivity index (χ4v) is 4.33. The average molecular weight is 409 g/mol. The molecule has 146 valence electrons. The first-order valence-electron chi connectivity index (χ1n) is 8.68. The van der Waals surface area contributed by atoms with E-state index in [2.05, 4.69) is 5.32 Å². The highest BCUT2D eigenvalue weighted by molar-refractivity contribution is 7.92. The third-order valence-electron chi connectivity index (χ3n) is 4.37. The summed E-state index contributed by atoms with van der Waals surface area (Å²) in [7, 11) is -3.67. The maximum Gasteiger partial charge on any atom is 0.248 e. The number of carbonyl (C=O) groups excluding carboxylic acids is 1. The van der Waals surface area contributed by atoms with Gasteiger partial charge in [0.05, 0.1) is 11.9 Å². The van der Waals surface area contributed by atoms with E-state index in [9.17, 15) is 13.2 Å². The second-order valence-corrected chi connectivity index (χ2v) is 8.99. The molecule has 0 heterocycles. The van der Waals surface area contributed by atoms with Gasteiger partial charge in [-0.2, -0.15) is 0 Å². The molecule has 5 nitrogen and oxygen atoms in total. The van der Waals surface area contributed by atoms with E-state index in [1.165, 1.54) is 4.31 Å². The van der Waals surface area contributed by atoms with Crippen molar-refractivity contribution in [1.29, 1.82) is 0 Å². The summed E-state index contributed by atoms with van der Waals surface area (Å²) in [6.07, 6.45) is 1.44. The van der Waals surface area contributed by atoms with Crippen molar-refractivity contribution < 1.29 is 13.2 Å². The second kappa shape index (κ2) is 8.31. The highest BCUT2D eigenvalue weighted by Crippen LogP contribution is 2.28. The summed E-state index contributed by atoms with van der Waals surface area (Å²) in [5.41, 5.74) is 3.65. The first-order chi connectivity index (χ1) is 12.5. The van der Waals surface area contributed by atoms with Crippen molar-refractivity contribution in [2.75, 3.05) is 15.9 Å². The van der Waals surface area contributed by atoms with Crippen LogP contribution >= 0.6 is 11.6 Å². The summed E-state index contributed by atoms with van der Waals surface area (Å²) in [6.45, 7) is 7.38. The zero-order valence-corrected chi connectivity index (χ0v) is 17.8. The lowest BCUT2D eigenvalue weighted by atomic mass is 10.1. The smallest absolute Gasteiger partial charge is 0.248 e. The molecule has 0 spiro atoms. The number of aryl methyl sites for hydroxylation is 3. The van der Waals surface area contributed by atoms with Gasteiger partial charge in [0.15, 0.2) is 0 Å². The lowest BCUT2D eigenvalue weighted by molar-refractivity contribution is -0.117. The van der Waals surface area contributed by atoms with Crippen molar-refractivity contribution in [2.45, 2.75) is 40.2 Å². The summed E-state index contributed by atoms with van der Waals surface area (Å²) in [6, 6.07) is 9.88. The lowest BCUT2D eigenvalue weighted by Gasteiger charge is -2.31. The fraction of sp³-hybridized carbons (Fsp3) is 0.350. The number of amides is 1. The number of hydrogen-bond donors (Lipinski definition) is 1. The van der Waals surface area contributed by atoms with Crippen molar-refractivity contribution in [3.63, 3.8) is 0 Å². The molecule has 1 amide bonds. The van der Waals surface area contributed by atoms with E-state index in [4.69, 9.17) is 11.6 Å². The SMILES string of the molecule is CCC(C(=O)Nc1ccc(C)c(Cl)c1)N(c1cc(C)ccc1C)S(C)(=O)=O. The van der Waals surface area contributed by atoms with Gasteiger partial charge in [-0.25, -0.2) is 8.42 Å². The zero-order valence-electron chi connectivity index (χ0n) is 16.2. The Hall–Kier alpha value is -2.05. The molecule has 2 aromatic rings. The second-order valence-electron chi connectivity index (χ2n) is 6.73. The molecular formula is C20H25ClN2O3S. The van der Waals surface area contributed by atoms with Gasteiger partial charge in [-0.3, -0.25) is 9.10 Å². The van der Waals surface area contributed by atoms with E-state index in [-0.39, 0.29) is 0 Å². The van der Waals surface area contributed by atoms with Crippen molar-refractivity contribution in [3.8, 4) is 0 Å². The molecule has 1 N–H and O–H groups in total. The number of halogens is 1. The van der Waals surface area contributed by atoms with E-state index in [0.717, 1.165) is 22.9 Å². The van der Waals surface area contributed by atoms with Crippen LogP contribution in [0.25, 0.3) is 0 Å². The summed E-state index contributed by atoms with van der Waals surface area (Å²) in [4.78, 5) is 12.9. The van der Waals surface area contributed by atoms with Crippen LogP contribution in [0.2, 0.25) is 5.02 Å². The third kappa shape index (κ3) is 5.02. The molecule has 0 aliphatic rings. The molecule has 1 unspecified atom stereocenters. The predicted molar refractivity (Wildman–Crippen MR) is 112 cm³/mol. The van der Waals surface area contributed by atoms with Crippen molar-refractivity contribution in [2.24, 2.45) is 0 Å². The van der Waals surface area contributed by atoms with Gasteiger partial charge in [0.1, 0.15) is 6.04 Å². The Labute approximate surface area is 166 Å². The third-order valence-corrected chi connectivity index (χ3v) is 5.94. The molecule has 7 heteroatoms. The van der Waals surface area contributed by atoms with Crippen LogP contribution in [0.15, 0.2) is 36.4 Å². The van der Waals surface area contributed by atoms with Gasteiger partial charge < -0.3 is 5.32 Å². The van der Waals surface area contributed by atoms with Gasteiger partial charge in [0.2, 0.25) is 15.9 Å².